The van der Waals surface area contributed by atoms with E-state index in [0.29, 0.717) is 18.2 Å². The van der Waals surface area contributed by atoms with E-state index in [9.17, 15) is 4.79 Å². The van der Waals surface area contributed by atoms with E-state index in [0.717, 1.165) is 5.56 Å². The molecule has 0 aromatic carbocycles. The maximum absolute atomic E-state index is 11.9. The SMILES string of the molecule is COc1cc(CNC(=O)c2cncc(NN)n2)ccn1. The fourth-order valence-corrected chi connectivity index (χ4v) is 1.49. The number of methoxy groups -OCH3 is 1. The zero-order valence-corrected chi connectivity index (χ0v) is 10.8. The van der Waals surface area contributed by atoms with Gasteiger partial charge in [0.2, 0.25) is 5.88 Å². The summed E-state index contributed by atoms with van der Waals surface area (Å²) in [5, 5.41) is 2.72. The molecule has 0 saturated heterocycles. The van der Waals surface area contributed by atoms with E-state index < -0.39 is 0 Å². The Balaban J connectivity index is 2.00. The highest BCUT2D eigenvalue weighted by Crippen LogP contribution is 2.08. The summed E-state index contributed by atoms with van der Waals surface area (Å²) in [7, 11) is 1.53. The first-order valence-corrected chi connectivity index (χ1v) is 5.78. The van der Waals surface area contributed by atoms with Gasteiger partial charge in [-0.3, -0.25) is 9.78 Å². The highest BCUT2D eigenvalue weighted by Gasteiger charge is 2.08. The van der Waals surface area contributed by atoms with Gasteiger partial charge < -0.3 is 15.5 Å². The molecular formula is C12H14N6O2. The second kappa shape index (κ2) is 6.43. The van der Waals surface area contributed by atoms with Crippen molar-refractivity contribution in [2.75, 3.05) is 12.5 Å². The molecule has 4 N–H and O–H groups in total. The first-order valence-electron chi connectivity index (χ1n) is 5.78. The lowest BCUT2D eigenvalue weighted by molar-refractivity contribution is 0.0945. The average Bonchev–Trinajstić information content (AvgIpc) is 2.52. The Morgan fingerprint density at radius 3 is 3.05 bits per heavy atom. The van der Waals surface area contributed by atoms with Gasteiger partial charge in [-0.1, -0.05) is 0 Å². The number of hydrogen-bond acceptors (Lipinski definition) is 7. The molecule has 8 heteroatoms. The molecule has 0 spiro atoms. The third-order valence-corrected chi connectivity index (χ3v) is 2.48. The number of nitrogen functional groups attached to an aromatic ring is 1. The van der Waals surface area contributed by atoms with Crippen LogP contribution in [0.25, 0.3) is 0 Å². The summed E-state index contributed by atoms with van der Waals surface area (Å²) in [6.45, 7) is 0.333. The molecule has 0 fully saturated rings. The van der Waals surface area contributed by atoms with Crippen LogP contribution in [0.4, 0.5) is 5.82 Å². The number of hydrogen-bond donors (Lipinski definition) is 3. The van der Waals surface area contributed by atoms with E-state index in [-0.39, 0.29) is 11.6 Å². The van der Waals surface area contributed by atoms with Crippen LogP contribution in [0.5, 0.6) is 5.88 Å². The monoisotopic (exact) mass is 274 g/mol. The van der Waals surface area contributed by atoms with Crippen molar-refractivity contribution in [3.63, 3.8) is 0 Å². The Morgan fingerprint density at radius 2 is 2.30 bits per heavy atom. The number of aromatic nitrogens is 3. The van der Waals surface area contributed by atoms with Crippen molar-refractivity contribution in [1.29, 1.82) is 0 Å². The van der Waals surface area contributed by atoms with E-state index in [2.05, 4.69) is 25.7 Å². The predicted octanol–water partition coefficient (Wildman–Crippen LogP) is 0.0958. The number of carbonyl (C=O) groups is 1. The molecule has 1 amide bonds. The largest absolute Gasteiger partial charge is 0.481 e. The summed E-state index contributed by atoms with van der Waals surface area (Å²) in [6.07, 6.45) is 4.40. The normalized spacial score (nSPS) is 9.90. The van der Waals surface area contributed by atoms with Crippen LogP contribution >= 0.6 is 0 Å². The molecule has 0 saturated carbocycles. The summed E-state index contributed by atoms with van der Waals surface area (Å²) in [6, 6.07) is 3.52. The van der Waals surface area contributed by atoms with Crippen LogP contribution in [0.2, 0.25) is 0 Å². The van der Waals surface area contributed by atoms with Crippen molar-refractivity contribution >= 4 is 11.7 Å². The molecule has 0 unspecified atom stereocenters. The number of anilines is 1. The number of nitrogens with two attached hydrogens (primary N) is 1. The number of ether oxygens (including phenoxy) is 1. The molecular weight excluding hydrogens is 260 g/mol. The molecule has 0 aliphatic rings. The summed E-state index contributed by atoms with van der Waals surface area (Å²) in [5.74, 6) is 5.68. The van der Waals surface area contributed by atoms with Gasteiger partial charge in [0.1, 0.15) is 5.69 Å². The Morgan fingerprint density at radius 1 is 1.45 bits per heavy atom. The Hall–Kier alpha value is -2.74. The van der Waals surface area contributed by atoms with Gasteiger partial charge in [-0.05, 0) is 11.6 Å². The molecule has 2 rings (SSSR count). The van der Waals surface area contributed by atoms with Crippen LogP contribution in [-0.4, -0.2) is 28.0 Å². The van der Waals surface area contributed by atoms with Gasteiger partial charge in [0.15, 0.2) is 5.82 Å². The minimum absolute atomic E-state index is 0.182. The van der Waals surface area contributed by atoms with E-state index in [1.165, 1.54) is 19.5 Å². The predicted molar refractivity (Wildman–Crippen MR) is 71.8 cm³/mol. The summed E-state index contributed by atoms with van der Waals surface area (Å²) >= 11 is 0. The number of rotatable bonds is 5. The minimum atomic E-state index is -0.342. The van der Waals surface area contributed by atoms with E-state index in [1.807, 2.05) is 0 Å². The first kappa shape index (κ1) is 13.7. The van der Waals surface area contributed by atoms with E-state index >= 15 is 0 Å². The zero-order chi connectivity index (χ0) is 14.4. The van der Waals surface area contributed by atoms with Gasteiger partial charge in [-0.15, -0.1) is 0 Å². The summed E-state index contributed by atoms with van der Waals surface area (Å²) in [5.41, 5.74) is 3.38. The fraction of sp³-hybridized carbons (Fsp3) is 0.167. The Labute approximate surface area is 115 Å². The molecule has 2 aromatic heterocycles. The van der Waals surface area contributed by atoms with Crippen LogP contribution in [0.15, 0.2) is 30.7 Å². The van der Waals surface area contributed by atoms with Crippen molar-refractivity contribution in [2.45, 2.75) is 6.54 Å². The molecule has 2 aromatic rings. The summed E-state index contributed by atoms with van der Waals surface area (Å²) < 4.78 is 5.01. The number of carbonyl (C=O) groups excluding carboxylic acids is 1. The maximum atomic E-state index is 11.9. The molecule has 0 aliphatic carbocycles. The van der Waals surface area contributed by atoms with Crippen molar-refractivity contribution in [3.05, 3.63) is 42.0 Å². The maximum Gasteiger partial charge on any atom is 0.271 e. The molecule has 0 atom stereocenters. The van der Waals surface area contributed by atoms with Gasteiger partial charge >= 0.3 is 0 Å². The van der Waals surface area contributed by atoms with Crippen LogP contribution in [0, 0.1) is 0 Å². The van der Waals surface area contributed by atoms with Crippen LogP contribution < -0.4 is 21.3 Å². The van der Waals surface area contributed by atoms with Gasteiger partial charge in [-0.25, -0.2) is 15.8 Å². The lowest BCUT2D eigenvalue weighted by Gasteiger charge is -2.06. The second-order valence-corrected chi connectivity index (χ2v) is 3.82. The lowest BCUT2D eigenvalue weighted by Crippen LogP contribution is -2.24. The number of hydrazine groups is 1. The standard InChI is InChI=1S/C12H14N6O2/c1-20-11-4-8(2-3-15-11)5-16-12(19)9-6-14-7-10(17-9)18-13/h2-4,6-7H,5,13H2,1H3,(H,16,19)(H,17,18). The molecule has 0 radical (unpaired) electrons. The highest BCUT2D eigenvalue weighted by atomic mass is 16.5. The van der Waals surface area contributed by atoms with Gasteiger partial charge in [0.25, 0.3) is 5.91 Å². The van der Waals surface area contributed by atoms with E-state index in [1.54, 1.807) is 18.3 Å². The second-order valence-electron chi connectivity index (χ2n) is 3.82. The first-order chi connectivity index (χ1) is 9.72. The topological polar surface area (TPSA) is 115 Å². The zero-order valence-electron chi connectivity index (χ0n) is 10.8. The lowest BCUT2D eigenvalue weighted by atomic mass is 10.2. The smallest absolute Gasteiger partial charge is 0.271 e. The number of nitrogens with one attached hydrogen (secondary N) is 2. The van der Waals surface area contributed by atoms with Crippen molar-refractivity contribution in [2.24, 2.45) is 5.84 Å². The van der Waals surface area contributed by atoms with Gasteiger partial charge in [-0.2, -0.15) is 0 Å². The van der Waals surface area contributed by atoms with Crippen molar-refractivity contribution in [1.82, 2.24) is 20.3 Å². The molecule has 8 nitrogen and oxygen atoms in total. The number of amides is 1. The summed E-state index contributed by atoms with van der Waals surface area (Å²) in [4.78, 5) is 23.8. The Kier molecular flexibility index (Phi) is 4.40. The van der Waals surface area contributed by atoms with Crippen LogP contribution in [-0.2, 0) is 6.54 Å². The average molecular weight is 274 g/mol. The minimum Gasteiger partial charge on any atom is -0.481 e. The number of nitrogens with zero attached hydrogens (tertiary/aromatic N) is 3. The third kappa shape index (κ3) is 3.39. The molecule has 0 aliphatic heterocycles. The van der Waals surface area contributed by atoms with Crippen molar-refractivity contribution in [3.8, 4) is 5.88 Å². The molecule has 104 valence electrons. The fourth-order valence-electron chi connectivity index (χ4n) is 1.49. The Bertz CT molecular complexity index is 604. The third-order valence-electron chi connectivity index (χ3n) is 2.48. The number of pyridine rings is 1. The molecule has 0 bridgehead atoms. The van der Waals surface area contributed by atoms with Crippen molar-refractivity contribution < 1.29 is 9.53 Å². The quantitative estimate of drug-likeness (QED) is 0.523. The molecule has 2 heterocycles. The van der Waals surface area contributed by atoms with Crippen LogP contribution in [0.1, 0.15) is 16.1 Å². The highest BCUT2D eigenvalue weighted by molar-refractivity contribution is 5.92. The molecule has 20 heavy (non-hydrogen) atoms. The van der Waals surface area contributed by atoms with Gasteiger partial charge in [0, 0.05) is 18.8 Å². The van der Waals surface area contributed by atoms with E-state index in [4.69, 9.17) is 10.6 Å². The van der Waals surface area contributed by atoms with Gasteiger partial charge in [0.05, 0.1) is 19.5 Å². The van der Waals surface area contributed by atoms with Crippen LogP contribution in [0.3, 0.4) is 0 Å².